The van der Waals surface area contributed by atoms with Crippen LogP contribution in [0, 0.1) is 0 Å². The van der Waals surface area contributed by atoms with Gasteiger partial charge in [0.2, 0.25) is 0 Å². The van der Waals surface area contributed by atoms with Gasteiger partial charge in [0.05, 0.1) is 0 Å². The Labute approximate surface area is 108 Å². The van der Waals surface area contributed by atoms with Crippen molar-refractivity contribution in [2.45, 2.75) is 26.8 Å². The van der Waals surface area contributed by atoms with Crippen molar-refractivity contribution in [2.75, 3.05) is 25.0 Å². The van der Waals surface area contributed by atoms with E-state index in [4.69, 9.17) is 5.11 Å². The number of anilines is 1. The fourth-order valence-electron chi connectivity index (χ4n) is 1.88. The standard InChI is InChI=1S/C13H21N3O2/c1-4-16(5-2)10(3)9-14-12-8-6-7-11(15-12)13(17)18/h6-8,10H,4-5,9H2,1-3H3,(H,14,15)(H,17,18). The Morgan fingerprint density at radius 1 is 1.44 bits per heavy atom. The fourth-order valence-corrected chi connectivity index (χ4v) is 1.88. The molecule has 18 heavy (non-hydrogen) atoms. The van der Waals surface area contributed by atoms with E-state index < -0.39 is 5.97 Å². The zero-order valence-electron chi connectivity index (χ0n) is 11.2. The zero-order chi connectivity index (χ0) is 13.5. The zero-order valence-corrected chi connectivity index (χ0v) is 11.2. The van der Waals surface area contributed by atoms with Crippen LogP contribution in [-0.4, -0.2) is 46.6 Å². The van der Waals surface area contributed by atoms with Gasteiger partial charge in [-0.25, -0.2) is 9.78 Å². The quantitative estimate of drug-likeness (QED) is 0.775. The number of pyridine rings is 1. The molecule has 0 saturated carbocycles. The Morgan fingerprint density at radius 2 is 2.11 bits per heavy atom. The smallest absolute Gasteiger partial charge is 0.354 e. The monoisotopic (exact) mass is 251 g/mol. The van der Waals surface area contributed by atoms with E-state index in [1.165, 1.54) is 6.07 Å². The second-order valence-electron chi connectivity index (χ2n) is 4.16. The Kier molecular flexibility index (Phi) is 5.58. The van der Waals surface area contributed by atoms with Crippen molar-refractivity contribution in [2.24, 2.45) is 0 Å². The van der Waals surface area contributed by atoms with E-state index in [0.29, 0.717) is 11.9 Å². The van der Waals surface area contributed by atoms with Crippen molar-refractivity contribution < 1.29 is 9.90 Å². The minimum Gasteiger partial charge on any atom is -0.477 e. The molecule has 0 saturated heterocycles. The number of aromatic nitrogens is 1. The number of likely N-dealkylation sites (N-methyl/N-ethyl adjacent to an activating group) is 1. The van der Waals surface area contributed by atoms with Crippen LogP contribution in [0.25, 0.3) is 0 Å². The predicted molar refractivity (Wildman–Crippen MR) is 72.1 cm³/mol. The van der Waals surface area contributed by atoms with E-state index in [1.54, 1.807) is 12.1 Å². The molecule has 0 aliphatic carbocycles. The predicted octanol–water partition coefficient (Wildman–Crippen LogP) is 1.92. The van der Waals surface area contributed by atoms with E-state index in [9.17, 15) is 4.79 Å². The highest BCUT2D eigenvalue weighted by Gasteiger charge is 2.10. The molecular formula is C13H21N3O2. The van der Waals surface area contributed by atoms with Crippen molar-refractivity contribution in [3.05, 3.63) is 23.9 Å². The Balaban J connectivity index is 2.58. The summed E-state index contributed by atoms with van der Waals surface area (Å²) in [6.07, 6.45) is 0. The van der Waals surface area contributed by atoms with Gasteiger partial charge in [0, 0.05) is 12.6 Å². The molecule has 0 bridgehead atoms. The van der Waals surface area contributed by atoms with E-state index >= 15 is 0 Å². The molecule has 0 radical (unpaired) electrons. The van der Waals surface area contributed by atoms with Crippen LogP contribution in [0.15, 0.2) is 18.2 Å². The van der Waals surface area contributed by atoms with E-state index in [2.05, 4.69) is 36.0 Å². The summed E-state index contributed by atoms with van der Waals surface area (Å²) < 4.78 is 0. The summed E-state index contributed by atoms with van der Waals surface area (Å²) in [4.78, 5) is 17.1. The largest absolute Gasteiger partial charge is 0.477 e. The number of rotatable bonds is 7. The molecule has 1 atom stereocenters. The Morgan fingerprint density at radius 3 is 2.67 bits per heavy atom. The third-order valence-electron chi connectivity index (χ3n) is 2.98. The number of hydrogen-bond donors (Lipinski definition) is 2. The highest BCUT2D eigenvalue weighted by molar-refractivity contribution is 5.85. The summed E-state index contributed by atoms with van der Waals surface area (Å²) in [5, 5.41) is 12.0. The van der Waals surface area contributed by atoms with Gasteiger partial charge >= 0.3 is 5.97 Å². The van der Waals surface area contributed by atoms with Gasteiger partial charge in [-0.2, -0.15) is 0 Å². The number of carboxylic acid groups (broad SMARTS) is 1. The van der Waals surface area contributed by atoms with Crippen LogP contribution >= 0.6 is 0 Å². The molecule has 5 nitrogen and oxygen atoms in total. The molecule has 5 heteroatoms. The molecule has 0 fully saturated rings. The average molecular weight is 251 g/mol. The number of carboxylic acids is 1. The second kappa shape index (κ2) is 6.96. The molecule has 2 N–H and O–H groups in total. The van der Waals surface area contributed by atoms with Crippen LogP contribution in [0.4, 0.5) is 5.82 Å². The normalized spacial score (nSPS) is 12.4. The van der Waals surface area contributed by atoms with Gasteiger partial charge in [-0.15, -0.1) is 0 Å². The average Bonchev–Trinajstić information content (AvgIpc) is 2.38. The van der Waals surface area contributed by atoms with E-state index in [1.807, 2.05) is 0 Å². The van der Waals surface area contributed by atoms with Crippen molar-refractivity contribution in [1.29, 1.82) is 0 Å². The first kappa shape index (κ1) is 14.4. The number of hydrogen-bond acceptors (Lipinski definition) is 4. The van der Waals surface area contributed by atoms with Crippen LogP contribution in [0.5, 0.6) is 0 Å². The minimum absolute atomic E-state index is 0.0653. The van der Waals surface area contributed by atoms with Crippen LogP contribution in [0.2, 0.25) is 0 Å². The Hall–Kier alpha value is -1.62. The van der Waals surface area contributed by atoms with Crippen molar-refractivity contribution in [1.82, 2.24) is 9.88 Å². The summed E-state index contributed by atoms with van der Waals surface area (Å²) in [6, 6.07) is 5.35. The van der Waals surface area contributed by atoms with Crippen molar-refractivity contribution in [3.63, 3.8) is 0 Å². The van der Waals surface area contributed by atoms with Crippen molar-refractivity contribution >= 4 is 11.8 Å². The van der Waals surface area contributed by atoms with E-state index in [-0.39, 0.29) is 5.69 Å². The lowest BCUT2D eigenvalue weighted by atomic mass is 10.2. The van der Waals surface area contributed by atoms with Gasteiger partial charge in [-0.05, 0) is 32.1 Å². The third kappa shape index (κ3) is 4.00. The first-order valence-electron chi connectivity index (χ1n) is 6.26. The van der Waals surface area contributed by atoms with Gasteiger partial charge in [0.25, 0.3) is 0 Å². The molecule has 0 aromatic carbocycles. The first-order chi connectivity index (χ1) is 8.58. The lowest BCUT2D eigenvalue weighted by molar-refractivity contribution is 0.0690. The maximum absolute atomic E-state index is 10.8. The highest BCUT2D eigenvalue weighted by atomic mass is 16.4. The van der Waals surface area contributed by atoms with Crippen LogP contribution in [0.3, 0.4) is 0 Å². The Bertz CT molecular complexity index is 392. The van der Waals surface area contributed by atoms with Gasteiger partial charge in [-0.3, -0.25) is 4.90 Å². The van der Waals surface area contributed by atoms with Crippen molar-refractivity contribution in [3.8, 4) is 0 Å². The lowest BCUT2D eigenvalue weighted by Crippen LogP contribution is -2.37. The molecule has 0 spiro atoms. The molecule has 0 aliphatic rings. The van der Waals surface area contributed by atoms with Gasteiger partial charge in [0.15, 0.2) is 5.69 Å². The first-order valence-corrected chi connectivity index (χ1v) is 6.26. The van der Waals surface area contributed by atoms with Crippen LogP contribution in [0.1, 0.15) is 31.3 Å². The molecule has 0 aliphatic heterocycles. The summed E-state index contributed by atoms with van der Waals surface area (Å²) >= 11 is 0. The van der Waals surface area contributed by atoms with Gasteiger partial charge < -0.3 is 10.4 Å². The lowest BCUT2D eigenvalue weighted by Gasteiger charge is -2.26. The molecule has 1 aromatic heterocycles. The minimum atomic E-state index is -1.00. The number of carbonyl (C=O) groups is 1. The molecule has 1 aromatic rings. The molecule has 1 rings (SSSR count). The van der Waals surface area contributed by atoms with Gasteiger partial charge in [0.1, 0.15) is 5.82 Å². The number of nitrogens with one attached hydrogen (secondary N) is 1. The second-order valence-corrected chi connectivity index (χ2v) is 4.16. The molecule has 1 heterocycles. The maximum atomic E-state index is 10.8. The molecule has 0 amide bonds. The SMILES string of the molecule is CCN(CC)C(C)CNc1cccc(C(=O)O)n1. The molecule has 1 unspecified atom stereocenters. The number of nitrogens with zero attached hydrogens (tertiary/aromatic N) is 2. The number of aromatic carboxylic acids is 1. The fraction of sp³-hybridized carbons (Fsp3) is 0.538. The highest BCUT2D eigenvalue weighted by Crippen LogP contribution is 2.06. The summed E-state index contributed by atoms with van der Waals surface area (Å²) in [6.45, 7) is 9.15. The topological polar surface area (TPSA) is 65.5 Å². The van der Waals surface area contributed by atoms with E-state index in [0.717, 1.165) is 19.6 Å². The summed E-state index contributed by atoms with van der Waals surface area (Å²) in [7, 11) is 0. The van der Waals surface area contributed by atoms with Crippen LogP contribution < -0.4 is 5.32 Å². The third-order valence-corrected chi connectivity index (χ3v) is 2.98. The molecular weight excluding hydrogens is 230 g/mol. The summed E-state index contributed by atoms with van der Waals surface area (Å²) in [5.74, 6) is -0.399. The maximum Gasteiger partial charge on any atom is 0.354 e. The van der Waals surface area contributed by atoms with Gasteiger partial charge in [-0.1, -0.05) is 19.9 Å². The van der Waals surface area contributed by atoms with Crippen LogP contribution in [-0.2, 0) is 0 Å². The molecule has 100 valence electrons. The summed E-state index contributed by atoms with van der Waals surface area (Å²) in [5.41, 5.74) is 0.0653.